The number of amides is 1. The van der Waals surface area contributed by atoms with Gasteiger partial charge in [0.15, 0.2) is 5.82 Å². The van der Waals surface area contributed by atoms with Crippen LogP contribution in [-0.4, -0.2) is 65.5 Å². The highest BCUT2D eigenvalue weighted by Gasteiger charge is 2.64. The Morgan fingerprint density at radius 1 is 1.52 bits per heavy atom. The average molecular weight is 348 g/mol. The van der Waals surface area contributed by atoms with Gasteiger partial charge in [0, 0.05) is 19.3 Å². The highest BCUT2D eigenvalue weighted by atomic mass is 16.5. The molecule has 0 radical (unpaired) electrons. The molecule has 5 rings (SSSR count). The number of aliphatic hydroxyl groups excluding tert-OH is 1. The molecule has 3 saturated heterocycles. The summed E-state index contributed by atoms with van der Waals surface area (Å²) in [4.78, 5) is 23.1. The highest BCUT2D eigenvalue weighted by molar-refractivity contribution is 5.87. The van der Waals surface area contributed by atoms with Crippen LogP contribution in [0.15, 0.2) is 12.3 Å². The molecule has 8 heteroatoms. The molecule has 1 saturated carbocycles. The van der Waals surface area contributed by atoms with Crippen LogP contribution in [0.1, 0.15) is 25.6 Å². The maximum Gasteiger partial charge on any atom is 0.252 e. The van der Waals surface area contributed by atoms with Crippen molar-refractivity contribution in [1.82, 2.24) is 15.3 Å². The van der Waals surface area contributed by atoms with Crippen molar-refractivity contribution in [2.45, 2.75) is 38.0 Å². The van der Waals surface area contributed by atoms with E-state index in [1.165, 1.54) is 0 Å². The van der Waals surface area contributed by atoms with Crippen LogP contribution in [-0.2, 0) is 20.9 Å². The van der Waals surface area contributed by atoms with E-state index in [1.54, 1.807) is 12.3 Å². The predicted octanol–water partition coefficient (Wildman–Crippen LogP) is -0.141. The van der Waals surface area contributed by atoms with Crippen molar-refractivity contribution in [3.63, 3.8) is 0 Å². The molecule has 1 atom stereocenters. The molecule has 3 aliphatic heterocycles. The van der Waals surface area contributed by atoms with Gasteiger partial charge in [-0.05, 0) is 24.3 Å². The Morgan fingerprint density at radius 3 is 3.08 bits per heavy atom. The molecule has 0 aromatic carbocycles. The number of anilines is 1. The SMILES string of the molecule is CC12COC(C(=O)NC3COCCN(c4ccnc(CO)n4)C3)(C1)C2. The molecule has 0 spiro atoms. The molecule has 2 bridgehead atoms. The molecular formula is C17H24N4O4. The van der Waals surface area contributed by atoms with Gasteiger partial charge in [0.05, 0.1) is 25.9 Å². The number of aliphatic hydroxyl groups is 1. The molecule has 1 aromatic heterocycles. The lowest BCUT2D eigenvalue weighted by Gasteiger charge is -2.41. The Hall–Kier alpha value is -1.77. The molecule has 4 fully saturated rings. The van der Waals surface area contributed by atoms with Crippen LogP contribution in [0.5, 0.6) is 0 Å². The van der Waals surface area contributed by atoms with E-state index < -0.39 is 5.60 Å². The number of carbonyl (C=O) groups is 1. The van der Waals surface area contributed by atoms with Crippen molar-refractivity contribution >= 4 is 11.7 Å². The van der Waals surface area contributed by atoms with Gasteiger partial charge < -0.3 is 24.8 Å². The summed E-state index contributed by atoms with van der Waals surface area (Å²) < 4.78 is 11.4. The van der Waals surface area contributed by atoms with Gasteiger partial charge in [-0.25, -0.2) is 9.97 Å². The minimum Gasteiger partial charge on any atom is -0.388 e. The lowest BCUT2D eigenvalue weighted by atomic mass is 9.63. The molecule has 2 N–H and O–H groups in total. The number of rotatable bonds is 4. The van der Waals surface area contributed by atoms with Crippen molar-refractivity contribution < 1.29 is 19.4 Å². The van der Waals surface area contributed by atoms with E-state index in [2.05, 4.69) is 27.1 Å². The van der Waals surface area contributed by atoms with Crippen molar-refractivity contribution in [1.29, 1.82) is 0 Å². The van der Waals surface area contributed by atoms with Crippen LogP contribution in [0.4, 0.5) is 5.82 Å². The number of ether oxygens (including phenoxy) is 2. The molecular weight excluding hydrogens is 324 g/mol. The van der Waals surface area contributed by atoms with E-state index in [0.717, 1.165) is 18.7 Å². The Kier molecular flexibility index (Phi) is 4.13. The highest BCUT2D eigenvalue weighted by Crippen LogP contribution is 2.57. The normalized spacial score (nSPS) is 34.3. The minimum absolute atomic E-state index is 0.0309. The quantitative estimate of drug-likeness (QED) is 0.782. The van der Waals surface area contributed by atoms with E-state index in [-0.39, 0.29) is 24.0 Å². The van der Waals surface area contributed by atoms with Crippen molar-refractivity contribution in [3.8, 4) is 0 Å². The zero-order chi connectivity index (χ0) is 17.5. The van der Waals surface area contributed by atoms with Crippen LogP contribution in [0.2, 0.25) is 0 Å². The van der Waals surface area contributed by atoms with Crippen LogP contribution < -0.4 is 10.2 Å². The molecule has 1 aromatic rings. The summed E-state index contributed by atoms with van der Waals surface area (Å²) in [5, 5.41) is 12.3. The Morgan fingerprint density at radius 2 is 2.36 bits per heavy atom. The van der Waals surface area contributed by atoms with E-state index in [1.807, 2.05) is 0 Å². The van der Waals surface area contributed by atoms with Crippen LogP contribution >= 0.6 is 0 Å². The fourth-order valence-corrected chi connectivity index (χ4v) is 4.13. The number of hydrogen-bond donors (Lipinski definition) is 2. The zero-order valence-corrected chi connectivity index (χ0v) is 14.4. The second-order valence-electron chi connectivity index (χ2n) is 7.63. The first-order valence-corrected chi connectivity index (χ1v) is 8.72. The first-order chi connectivity index (χ1) is 12.0. The van der Waals surface area contributed by atoms with Gasteiger partial charge in [0.2, 0.25) is 0 Å². The summed E-state index contributed by atoms with van der Waals surface area (Å²) in [6, 6.07) is 1.67. The van der Waals surface area contributed by atoms with E-state index >= 15 is 0 Å². The molecule has 1 amide bonds. The number of aromatic nitrogens is 2. The topological polar surface area (TPSA) is 96.8 Å². The van der Waals surface area contributed by atoms with Crippen LogP contribution in [0.3, 0.4) is 0 Å². The van der Waals surface area contributed by atoms with E-state index in [0.29, 0.717) is 38.7 Å². The van der Waals surface area contributed by atoms with Gasteiger partial charge in [-0.2, -0.15) is 0 Å². The van der Waals surface area contributed by atoms with Crippen molar-refractivity contribution in [3.05, 3.63) is 18.1 Å². The zero-order valence-electron chi connectivity index (χ0n) is 14.4. The van der Waals surface area contributed by atoms with Gasteiger partial charge in [-0.1, -0.05) is 6.92 Å². The third kappa shape index (κ3) is 3.09. The van der Waals surface area contributed by atoms with Gasteiger partial charge in [-0.15, -0.1) is 0 Å². The summed E-state index contributed by atoms with van der Waals surface area (Å²) in [5.74, 6) is 1.09. The molecule has 4 heterocycles. The smallest absolute Gasteiger partial charge is 0.252 e. The fraction of sp³-hybridized carbons (Fsp3) is 0.706. The second kappa shape index (κ2) is 6.19. The minimum atomic E-state index is -0.634. The first kappa shape index (κ1) is 16.7. The molecule has 1 aliphatic carbocycles. The van der Waals surface area contributed by atoms with Crippen LogP contribution in [0, 0.1) is 5.41 Å². The Balaban J connectivity index is 1.42. The third-order valence-electron chi connectivity index (χ3n) is 5.29. The van der Waals surface area contributed by atoms with Gasteiger partial charge in [0.1, 0.15) is 18.0 Å². The van der Waals surface area contributed by atoms with Crippen molar-refractivity contribution in [2.75, 3.05) is 37.8 Å². The Bertz CT molecular complexity index is 662. The second-order valence-corrected chi connectivity index (χ2v) is 7.63. The molecule has 8 nitrogen and oxygen atoms in total. The maximum absolute atomic E-state index is 12.7. The predicted molar refractivity (Wildman–Crippen MR) is 88.9 cm³/mol. The average Bonchev–Trinajstić information content (AvgIpc) is 3.01. The standard InChI is InChI=1S/C17H24N4O4/c1-16-9-17(10-16,25-11-16)15(23)19-12-6-21(4-5-24-8-12)14-2-3-18-13(7-22)20-14/h2-3,12,22H,4-11H2,1H3,(H,19,23). The first-order valence-electron chi connectivity index (χ1n) is 8.72. The maximum atomic E-state index is 12.7. The summed E-state index contributed by atoms with van der Waals surface area (Å²) in [7, 11) is 0. The molecule has 4 aliphatic rings. The van der Waals surface area contributed by atoms with Gasteiger partial charge in [0.25, 0.3) is 5.91 Å². The van der Waals surface area contributed by atoms with Crippen molar-refractivity contribution in [2.24, 2.45) is 5.41 Å². The summed E-state index contributed by atoms with van der Waals surface area (Å²) >= 11 is 0. The number of nitrogens with zero attached hydrogens (tertiary/aromatic N) is 3. The fourth-order valence-electron chi connectivity index (χ4n) is 4.13. The van der Waals surface area contributed by atoms with Gasteiger partial charge >= 0.3 is 0 Å². The lowest BCUT2D eigenvalue weighted by Crippen LogP contribution is -2.58. The lowest BCUT2D eigenvalue weighted by molar-refractivity contribution is -0.146. The van der Waals surface area contributed by atoms with E-state index in [4.69, 9.17) is 9.47 Å². The Labute approximate surface area is 146 Å². The van der Waals surface area contributed by atoms with Gasteiger partial charge in [-0.3, -0.25) is 4.79 Å². The monoisotopic (exact) mass is 348 g/mol. The molecule has 25 heavy (non-hydrogen) atoms. The molecule has 136 valence electrons. The number of fused-ring (bicyclic) bond motifs is 1. The van der Waals surface area contributed by atoms with E-state index in [9.17, 15) is 9.90 Å². The number of nitrogens with one attached hydrogen (secondary N) is 1. The summed E-state index contributed by atoms with van der Waals surface area (Å²) in [5.41, 5.74) is -0.462. The number of hydrogen-bond acceptors (Lipinski definition) is 7. The van der Waals surface area contributed by atoms with Crippen LogP contribution in [0.25, 0.3) is 0 Å². The largest absolute Gasteiger partial charge is 0.388 e. The summed E-state index contributed by atoms with van der Waals surface area (Å²) in [6.45, 7) is 4.93. The summed E-state index contributed by atoms with van der Waals surface area (Å²) in [6.07, 6.45) is 3.23. The third-order valence-corrected chi connectivity index (χ3v) is 5.29. The number of carbonyl (C=O) groups excluding carboxylic acids is 1. The molecule has 1 unspecified atom stereocenters.